The van der Waals surface area contributed by atoms with Crippen molar-refractivity contribution in [2.24, 2.45) is 5.92 Å². The molecule has 6 N–H and O–H groups in total. The number of hydrogen-bond donors (Lipinski definition) is 6. The Morgan fingerprint density at radius 3 is 2.38 bits per heavy atom. The fourth-order valence-electron chi connectivity index (χ4n) is 3.09. The molecule has 2 heterocycles. The summed E-state index contributed by atoms with van der Waals surface area (Å²) in [4.78, 5) is 59.0. The third-order valence-electron chi connectivity index (χ3n) is 4.35. The first-order chi connectivity index (χ1) is 15.4. The standard InChI is InChI=1S/C13H17ClFN2O14P3/c1-3-13(14)7(5-18)9(28-11(13)17-4-8(15)10(19)16-12(17)20)6(2)29-33(24,25)31-34(26,27)30-32(21,22)23/h1,4,6-7,9,11,18H,5H2,2H3,(H,24,25)(H,26,27)(H,16,19,20)(H2,21,22,23)/t6-,7?,9-,11-,13?/m1/s1. The van der Waals surface area contributed by atoms with E-state index in [2.05, 4.69) is 19.1 Å². The Balaban J connectivity index is 2.37. The predicted octanol–water partition coefficient (Wildman–Crippen LogP) is -0.476. The minimum absolute atomic E-state index is 0.421. The van der Waals surface area contributed by atoms with Crippen LogP contribution in [0.4, 0.5) is 4.39 Å². The summed E-state index contributed by atoms with van der Waals surface area (Å²) < 4.78 is 65.9. The van der Waals surface area contributed by atoms with Gasteiger partial charge in [0.15, 0.2) is 11.1 Å². The highest BCUT2D eigenvalue weighted by Crippen LogP contribution is 2.67. The van der Waals surface area contributed by atoms with Crippen LogP contribution in [0.1, 0.15) is 13.2 Å². The number of halogens is 2. The van der Waals surface area contributed by atoms with E-state index in [9.17, 15) is 42.6 Å². The second kappa shape index (κ2) is 10.0. The maximum Gasteiger partial charge on any atom is 0.490 e. The highest BCUT2D eigenvalue weighted by molar-refractivity contribution is 7.66. The highest BCUT2D eigenvalue weighted by Gasteiger charge is 2.58. The van der Waals surface area contributed by atoms with Crippen molar-refractivity contribution in [2.45, 2.75) is 30.2 Å². The second-order valence-electron chi connectivity index (χ2n) is 6.70. The van der Waals surface area contributed by atoms with Crippen LogP contribution in [0.2, 0.25) is 0 Å². The van der Waals surface area contributed by atoms with E-state index in [0.29, 0.717) is 10.8 Å². The van der Waals surface area contributed by atoms with E-state index in [1.807, 2.05) is 0 Å². The van der Waals surface area contributed by atoms with E-state index in [1.165, 1.54) is 0 Å². The van der Waals surface area contributed by atoms with Gasteiger partial charge in [0.2, 0.25) is 5.82 Å². The summed E-state index contributed by atoms with van der Waals surface area (Å²) in [6.07, 6.45) is 0.811. The van der Waals surface area contributed by atoms with Crippen molar-refractivity contribution in [3.05, 3.63) is 32.9 Å². The number of ether oxygens (including phenoxy) is 1. The van der Waals surface area contributed by atoms with Crippen LogP contribution in [0.25, 0.3) is 0 Å². The molecule has 16 nitrogen and oxygen atoms in total. The van der Waals surface area contributed by atoms with Crippen LogP contribution in [0.15, 0.2) is 15.8 Å². The van der Waals surface area contributed by atoms with Crippen LogP contribution < -0.4 is 11.2 Å². The number of aliphatic hydroxyl groups excluding tert-OH is 1. The number of rotatable bonds is 9. The molecule has 192 valence electrons. The molecular formula is C13H17ClFN2O14P3. The number of aromatic nitrogens is 2. The van der Waals surface area contributed by atoms with Gasteiger partial charge in [0.25, 0.3) is 5.56 Å². The van der Waals surface area contributed by atoms with Crippen molar-refractivity contribution >= 4 is 35.1 Å². The van der Waals surface area contributed by atoms with Crippen molar-refractivity contribution in [1.29, 1.82) is 0 Å². The van der Waals surface area contributed by atoms with E-state index in [1.54, 1.807) is 4.98 Å². The molecule has 34 heavy (non-hydrogen) atoms. The molecule has 2 rings (SSSR count). The summed E-state index contributed by atoms with van der Waals surface area (Å²) in [5.41, 5.74) is -2.58. The zero-order valence-corrected chi connectivity index (χ0v) is 20.1. The van der Waals surface area contributed by atoms with Crippen molar-refractivity contribution < 1.29 is 60.6 Å². The second-order valence-corrected chi connectivity index (χ2v) is 11.7. The zero-order chi connectivity index (χ0) is 26.3. The summed E-state index contributed by atoms with van der Waals surface area (Å²) in [6, 6.07) is 0. The van der Waals surface area contributed by atoms with Crippen LogP contribution in [-0.2, 0) is 31.6 Å². The van der Waals surface area contributed by atoms with Gasteiger partial charge in [-0.3, -0.25) is 18.9 Å². The molecule has 0 amide bonds. The Morgan fingerprint density at radius 1 is 1.29 bits per heavy atom. The van der Waals surface area contributed by atoms with Gasteiger partial charge in [-0.25, -0.2) is 18.5 Å². The molecule has 1 aliphatic rings. The molecule has 1 aliphatic heterocycles. The molecule has 7 atom stereocenters. The molecule has 0 aromatic carbocycles. The van der Waals surface area contributed by atoms with E-state index >= 15 is 0 Å². The van der Waals surface area contributed by atoms with Crippen LogP contribution in [-0.4, -0.2) is 57.9 Å². The van der Waals surface area contributed by atoms with Gasteiger partial charge < -0.3 is 29.4 Å². The predicted molar refractivity (Wildman–Crippen MR) is 108 cm³/mol. The molecule has 21 heteroatoms. The van der Waals surface area contributed by atoms with Crippen LogP contribution >= 0.6 is 35.1 Å². The third-order valence-corrected chi connectivity index (χ3v) is 8.86. The first-order valence-electron chi connectivity index (χ1n) is 8.62. The van der Waals surface area contributed by atoms with Crippen molar-refractivity contribution in [3.63, 3.8) is 0 Å². The highest BCUT2D eigenvalue weighted by atomic mass is 35.5. The van der Waals surface area contributed by atoms with Gasteiger partial charge in [-0.1, -0.05) is 17.5 Å². The van der Waals surface area contributed by atoms with Gasteiger partial charge in [-0.2, -0.15) is 13.0 Å². The minimum Gasteiger partial charge on any atom is -0.396 e. The molecule has 1 fully saturated rings. The van der Waals surface area contributed by atoms with E-state index in [-0.39, 0.29) is 0 Å². The fourth-order valence-corrected chi connectivity index (χ4v) is 6.64. The molecule has 1 aromatic rings. The fraction of sp³-hybridized carbons (Fsp3) is 0.538. The Labute approximate surface area is 193 Å². The molecule has 0 spiro atoms. The smallest absolute Gasteiger partial charge is 0.396 e. The van der Waals surface area contributed by atoms with Gasteiger partial charge in [-0.15, -0.1) is 6.42 Å². The number of hydrogen-bond acceptors (Lipinski definition) is 10. The summed E-state index contributed by atoms with van der Waals surface area (Å²) in [5, 5.41) is 9.81. The van der Waals surface area contributed by atoms with Crippen molar-refractivity contribution in [1.82, 2.24) is 9.55 Å². The topological polar surface area (TPSA) is 244 Å². The molecule has 1 aromatic heterocycles. The van der Waals surface area contributed by atoms with Crippen LogP contribution in [0, 0.1) is 24.1 Å². The SMILES string of the molecule is C#CC1(Cl)C(CO)[C@@H]([C@@H](C)OP(=O)(O)OP(=O)(O)OP(=O)(O)O)O[C@H]1n1cc(F)c(=O)[nH]c1=O. The van der Waals surface area contributed by atoms with Gasteiger partial charge in [0.1, 0.15) is 0 Å². The number of phosphoric acid groups is 3. The molecule has 4 unspecified atom stereocenters. The monoisotopic (exact) mass is 572 g/mol. The number of phosphoric ester groups is 1. The van der Waals surface area contributed by atoms with Crippen LogP contribution in [0.5, 0.6) is 0 Å². The number of terminal acetylenes is 1. The molecule has 0 saturated carbocycles. The average Bonchev–Trinajstić information content (AvgIpc) is 2.94. The average molecular weight is 573 g/mol. The van der Waals surface area contributed by atoms with E-state index in [0.717, 1.165) is 6.92 Å². The molecule has 1 saturated heterocycles. The first-order valence-corrected chi connectivity index (χ1v) is 13.5. The maximum atomic E-state index is 13.8. The van der Waals surface area contributed by atoms with Gasteiger partial charge in [0, 0.05) is 5.92 Å². The van der Waals surface area contributed by atoms with Gasteiger partial charge in [0.05, 0.1) is 25.0 Å². The number of nitrogens with one attached hydrogen (secondary N) is 1. The lowest BCUT2D eigenvalue weighted by Gasteiger charge is -2.28. The van der Waals surface area contributed by atoms with Crippen LogP contribution in [0.3, 0.4) is 0 Å². The lowest BCUT2D eigenvalue weighted by molar-refractivity contribution is -0.0669. The largest absolute Gasteiger partial charge is 0.490 e. The Kier molecular flexibility index (Phi) is 8.57. The number of nitrogens with zero attached hydrogens (tertiary/aromatic N) is 1. The Hall–Kier alpha value is -1.21. The third kappa shape index (κ3) is 6.51. The van der Waals surface area contributed by atoms with Gasteiger partial charge in [-0.05, 0) is 6.92 Å². The maximum absolute atomic E-state index is 13.8. The Morgan fingerprint density at radius 2 is 1.88 bits per heavy atom. The summed E-state index contributed by atoms with van der Waals surface area (Å²) in [6.45, 7) is 0.123. The quantitative estimate of drug-likeness (QED) is 0.124. The molecule has 0 bridgehead atoms. The van der Waals surface area contributed by atoms with E-state index in [4.69, 9.17) is 32.5 Å². The number of aromatic amines is 1. The first kappa shape index (κ1) is 29.0. The van der Waals surface area contributed by atoms with Gasteiger partial charge >= 0.3 is 29.2 Å². The minimum atomic E-state index is -5.82. The van der Waals surface area contributed by atoms with Crippen molar-refractivity contribution in [2.75, 3.05) is 6.61 Å². The number of alkyl halides is 1. The number of aliphatic hydroxyl groups is 1. The summed E-state index contributed by atoms with van der Waals surface area (Å²) in [5.74, 6) is -0.762. The zero-order valence-electron chi connectivity index (χ0n) is 16.6. The lowest BCUT2D eigenvalue weighted by Crippen LogP contribution is -2.43. The Bertz CT molecular complexity index is 1240. The molecule has 0 aliphatic carbocycles. The molecule has 0 radical (unpaired) electrons. The van der Waals surface area contributed by atoms with Crippen molar-refractivity contribution in [3.8, 4) is 12.3 Å². The number of H-pyrrole nitrogens is 1. The summed E-state index contributed by atoms with van der Waals surface area (Å²) in [7, 11) is -17.1. The lowest BCUT2D eigenvalue weighted by atomic mass is 9.87. The summed E-state index contributed by atoms with van der Waals surface area (Å²) >= 11 is 6.37. The molecular weight excluding hydrogens is 556 g/mol. The normalized spacial score (nSPS) is 29.7. The van der Waals surface area contributed by atoms with E-state index < -0.39 is 76.4 Å².